The summed E-state index contributed by atoms with van der Waals surface area (Å²) in [5, 5.41) is 5.91. The van der Waals surface area contributed by atoms with Crippen molar-refractivity contribution in [3.63, 3.8) is 0 Å². The fourth-order valence-corrected chi connectivity index (χ4v) is 4.08. The van der Waals surface area contributed by atoms with Crippen LogP contribution in [-0.2, 0) is 17.6 Å². The third-order valence-corrected chi connectivity index (χ3v) is 6.00. The number of anilines is 2. The molecule has 0 aromatic heterocycles. The molecule has 2 N–H and O–H groups in total. The zero-order valence-electron chi connectivity index (χ0n) is 20.6. The molecule has 0 saturated heterocycles. The van der Waals surface area contributed by atoms with Gasteiger partial charge in [-0.15, -0.1) is 0 Å². The number of aryl methyl sites for hydroxylation is 2. The van der Waals surface area contributed by atoms with E-state index >= 15 is 0 Å². The van der Waals surface area contributed by atoms with Crippen molar-refractivity contribution in [3.05, 3.63) is 114 Å². The summed E-state index contributed by atoms with van der Waals surface area (Å²) in [5.74, 6) is -0.217. The van der Waals surface area contributed by atoms with Crippen LogP contribution in [0.15, 0.2) is 97.1 Å². The van der Waals surface area contributed by atoms with Crippen molar-refractivity contribution in [2.45, 2.75) is 26.7 Å². The molecule has 4 aromatic carbocycles. The average Bonchev–Trinajstić information content (AvgIpc) is 2.93. The Balaban J connectivity index is 1.41. The Morgan fingerprint density at radius 1 is 0.667 bits per heavy atom. The zero-order chi connectivity index (χ0) is 25.3. The van der Waals surface area contributed by atoms with Crippen LogP contribution >= 0.6 is 0 Å². The monoisotopic (exact) mass is 478 g/mol. The van der Waals surface area contributed by atoms with Crippen LogP contribution in [0.3, 0.4) is 0 Å². The molecular weight excluding hydrogens is 448 g/mol. The molecule has 5 nitrogen and oxygen atoms in total. The van der Waals surface area contributed by atoms with Crippen LogP contribution in [0.5, 0.6) is 5.75 Å². The van der Waals surface area contributed by atoms with E-state index in [1.807, 2.05) is 72.8 Å². The SMILES string of the molecule is CCc1cccc(CC)c1NC(=O)COc1ccccc1C(=O)Nc1ccc(-c2ccccc2)cc1. The Morgan fingerprint density at radius 2 is 1.28 bits per heavy atom. The molecule has 0 aliphatic heterocycles. The van der Waals surface area contributed by atoms with E-state index in [0.717, 1.165) is 40.8 Å². The lowest BCUT2D eigenvalue weighted by molar-refractivity contribution is -0.118. The van der Waals surface area contributed by atoms with Crippen LogP contribution in [-0.4, -0.2) is 18.4 Å². The molecule has 182 valence electrons. The molecule has 0 bridgehead atoms. The molecule has 0 heterocycles. The Kier molecular flexibility index (Phi) is 8.14. The molecule has 36 heavy (non-hydrogen) atoms. The molecule has 4 rings (SSSR count). The first-order valence-corrected chi connectivity index (χ1v) is 12.2. The molecule has 4 aromatic rings. The first-order valence-electron chi connectivity index (χ1n) is 12.2. The Bertz CT molecular complexity index is 1310. The van der Waals surface area contributed by atoms with E-state index in [2.05, 4.69) is 24.5 Å². The zero-order valence-corrected chi connectivity index (χ0v) is 20.6. The maximum atomic E-state index is 13.0. The number of ether oxygens (including phenoxy) is 1. The average molecular weight is 479 g/mol. The van der Waals surface area contributed by atoms with E-state index in [-0.39, 0.29) is 18.4 Å². The first kappa shape index (κ1) is 24.7. The maximum Gasteiger partial charge on any atom is 0.262 e. The lowest BCUT2D eigenvalue weighted by atomic mass is 10.0. The highest BCUT2D eigenvalue weighted by Gasteiger charge is 2.15. The number of carbonyl (C=O) groups excluding carboxylic acids is 2. The third-order valence-electron chi connectivity index (χ3n) is 6.00. The van der Waals surface area contributed by atoms with Crippen molar-refractivity contribution >= 4 is 23.2 Å². The molecule has 0 saturated carbocycles. The van der Waals surface area contributed by atoms with Gasteiger partial charge in [-0.05, 0) is 59.4 Å². The summed E-state index contributed by atoms with van der Waals surface area (Å²) in [6, 6.07) is 30.7. The van der Waals surface area contributed by atoms with E-state index in [0.29, 0.717) is 17.0 Å². The van der Waals surface area contributed by atoms with Gasteiger partial charge in [0.25, 0.3) is 11.8 Å². The van der Waals surface area contributed by atoms with E-state index in [1.54, 1.807) is 24.3 Å². The van der Waals surface area contributed by atoms with Gasteiger partial charge in [-0.3, -0.25) is 9.59 Å². The molecule has 0 unspecified atom stereocenters. The number of nitrogens with one attached hydrogen (secondary N) is 2. The second-order valence-electron chi connectivity index (χ2n) is 8.39. The van der Waals surface area contributed by atoms with Crippen molar-refractivity contribution in [2.75, 3.05) is 17.2 Å². The van der Waals surface area contributed by atoms with Crippen LogP contribution in [0.25, 0.3) is 11.1 Å². The molecular formula is C31H30N2O3. The highest BCUT2D eigenvalue weighted by atomic mass is 16.5. The van der Waals surface area contributed by atoms with Gasteiger partial charge in [0.2, 0.25) is 0 Å². The van der Waals surface area contributed by atoms with Gasteiger partial charge < -0.3 is 15.4 Å². The summed E-state index contributed by atoms with van der Waals surface area (Å²) in [7, 11) is 0. The number of benzene rings is 4. The minimum atomic E-state index is -0.303. The van der Waals surface area contributed by atoms with E-state index < -0.39 is 0 Å². The lowest BCUT2D eigenvalue weighted by Gasteiger charge is -2.15. The number of para-hydroxylation sites is 2. The van der Waals surface area contributed by atoms with Crippen LogP contribution in [0.4, 0.5) is 11.4 Å². The highest BCUT2D eigenvalue weighted by molar-refractivity contribution is 6.06. The summed E-state index contributed by atoms with van der Waals surface area (Å²) >= 11 is 0. The molecule has 0 aliphatic carbocycles. The van der Waals surface area contributed by atoms with Gasteiger partial charge >= 0.3 is 0 Å². The largest absolute Gasteiger partial charge is 0.483 e. The van der Waals surface area contributed by atoms with E-state index in [4.69, 9.17) is 4.74 Å². The standard InChI is InChI=1S/C31H30N2O3/c1-3-22-13-10-14-23(4-2)30(22)33-29(34)21-36-28-16-9-8-15-27(28)31(35)32-26-19-17-25(18-20-26)24-11-6-5-7-12-24/h5-20H,3-4,21H2,1-2H3,(H,32,35)(H,33,34). The van der Waals surface area contributed by atoms with Gasteiger partial charge in [0, 0.05) is 11.4 Å². The normalized spacial score (nSPS) is 10.5. The predicted octanol–water partition coefficient (Wildman–Crippen LogP) is 6.75. The van der Waals surface area contributed by atoms with Gasteiger partial charge in [0.1, 0.15) is 5.75 Å². The van der Waals surface area contributed by atoms with Gasteiger partial charge in [0.15, 0.2) is 6.61 Å². The number of hydrogen-bond acceptors (Lipinski definition) is 3. The quantitative estimate of drug-likeness (QED) is 0.280. The Labute approximate surface area is 212 Å². The third kappa shape index (κ3) is 5.99. The second-order valence-corrected chi connectivity index (χ2v) is 8.39. The van der Waals surface area contributed by atoms with Crippen molar-refractivity contribution in [1.82, 2.24) is 0 Å². The first-order chi connectivity index (χ1) is 17.6. The second kappa shape index (κ2) is 11.8. The van der Waals surface area contributed by atoms with Crippen molar-refractivity contribution < 1.29 is 14.3 Å². The summed E-state index contributed by atoms with van der Waals surface area (Å²) in [5.41, 5.74) is 6.23. The van der Waals surface area contributed by atoms with Crippen molar-refractivity contribution in [2.24, 2.45) is 0 Å². The topological polar surface area (TPSA) is 67.4 Å². The van der Waals surface area contributed by atoms with E-state index in [9.17, 15) is 9.59 Å². The lowest BCUT2D eigenvalue weighted by Crippen LogP contribution is -2.23. The molecule has 0 atom stereocenters. The molecule has 0 spiro atoms. The molecule has 0 fully saturated rings. The number of carbonyl (C=O) groups is 2. The summed E-state index contributed by atoms with van der Waals surface area (Å²) < 4.78 is 5.78. The fourth-order valence-electron chi connectivity index (χ4n) is 4.08. The van der Waals surface area contributed by atoms with Gasteiger partial charge in [0.05, 0.1) is 5.56 Å². The number of hydrogen-bond donors (Lipinski definition) is 2. The molecule has 0 radical (unpaired) electrons. The van der Waals surface area contributed by atoms with Crippen LogP contribution in [0, 0.1) is 0 Å². The Hall–Kier alpha value is -4.38. The molecule has 5 heteroatoms. The number of amides is 2. The predicted molar refractivity (Wildman–Crippen MR) is 146 cm³/mol. The Morgan fingerprint density at radius 3 is 1.94 bits per heavy atom. The van der Waals surface area contributed by atoms with Crippen molar-refractivity contribution in [1.29, 1.82) is 0 Å². The highest BCUT2D eigenvalue weighted by Crippen LogP contribution is 2.25. The summed E-state index contributed by atoms with van der Waals surface area (Å²) in [4.78, 5) is 25.7. The van der Waals surface area contributed by atoms with Gasteiger partial charge in [-0.25, -0.2) is 0 Å². The molecule has 0 aliphatic rings. The fraction of sp³-hybridized carbons (Fsp3) is 0.161. The van der Waals surface area contributed by atoms with Crippen LogP contribution < -0.4 is 15.4 Å². The number of rotatable bonds is 9. The summed E-state index contributed by atoms with van der Waals surface area (Å²) in [6.07, 6.45) is 1.64. The van der Waals surface area contributed by atoms with Gasteiger partial charge in [-0.1, -0.05) is 86.6 Å². The molecule has 2 amide bonds. The minimum Gasteiger partial charge on any atom is -0.483 e. The van der Waals surface area contributed by atoms with Gasteiger partial charge in [-0.2, -0.15) is 0 Å². The van der Waals surface area contributed by atoms with E-state index in [1.165, 1.54) is 0 Å². The van der Waals surface area contributed by atoms with Crippen LogP contribution in [0.1, 0.15) is 35.3 Å². The van der Waals surface area contributed by atoms with Crippen molar-refractivity contribution in [3.8, 4) is 16.9 Å². The maximum absolute atomic E-state index is 13.0. The summed E-state index contributed by atoms with van der Waals surface area (Å²) in [6.45, 7) is 3.92. The van der Waals surface area contributed by atoms with Crippen LogP contribution in [0.2, 0.25) is 0 Å². The smallest absolute Gasteiger partial charge is 0.262 e. The minimum absolute atomic E-state index is 0.197.